The lowest BCUT2D eigenvalue weighted by Gasteiger charge is -2.08. The van der Waals surface area contributed by atoms with Gasteiger partial charge in [0.25, 0.3) is 5.91 Å². The molecule has 5 nitrogen and oxygen atoms in total. The molecule has 0 atom stereocenters. The Balaban J connectivity index is 1.99. The fraction of sp³-hybridized carbons (Fsp3) is 0.0625. The Bertz CT molecular complexity index is 802. The van der Waals surface area contributed by atoms with Crippen LogP contribution in [0.25, 0.3) is 0 Å². The van der Waals surface area contributed by atoms with Crippen LogP contribution in [0.4, 0.5) is 10.1 Å². The van der Waals surface area contributed by atoms with Gasteiger partial charge in [-0.05, 0) is 30.3 Å². The number of ether oxygens (including phenoxy) is 1. The van der Waals surface area contributed by atoms with E-state index in [4.69, 9.17) is 21.6 Å². The quantitative estimate of drug-likeness (QED) is 0.872. The largest absolute Gasteiger partial charge is 0.452 e. The second-order valence-corrected chi connectivity index (χ2v) is 4.84. The fourth-order valence-electron chi connectivity index (χ4n) is 1.74. The molecule has 7 heteroatoms. The van der Waals surface area contributed by atoms with Gasteiger partial charge in [0.2, 0.25) is 0 Å². The zero-order chi connectivity index (χ0) is 16.8. The Labute approximate surface area is 136 Å². The van der Waals surface area contributed by atoms with E-state index in [0.717, 1.165) is 6.07 Å². The van der Waals surface area contributed by atoms with Crippen molar-refractivity contribution in [1.29, 1.82) is 5.26 Å². The molecular weight excluding hydrogens is 323 g/mol. The third-order valence-corrected chi connectivity index (χ3v) is 3.04. The number of carbonyl (C=O) groups is 2. The third-order valence-electron chi connectivity index (χ3n) is 2.80. The molecular formula is C16H10ClFN2O3. The van der Waals surface area contributed by atoms with E-state index in [9.17, 15) is 14.0 Å². The molecule has 0 aliphatic rings. The average molecular weight is 333 g/mol. The first-order valence-electron chi connectivity index (χ1n) is 6.42. The van der Waals surface area contributed by atoms with Gasteiger partial charge in [-0.2, -0.15) is 5.26 Å². The molecule has 116 valence electrons. The minimum atomic E-state index is -0.954. The smallest absolute Gasteiger partial charge is 0.341 e. The van der Waals surface area contributed by atoms with E-state index in [0.29, 0.717) is 5.02 Å². The summed E-state index contributed by atoms with van der Waals surface area (Å²) in [6, 6.07) is 11.5. The molecule has 2 aromatic carbocycles. The molecule has 2 rings (SSSR count). The normalized spacial score (nSPS) is 9.78. The van der Waals surface area contributed by atoms with Crippen molar-refractivity contribution in [2.75, 3.05) is 11.9 Å². The van der Waals surface area contributed by atoms with Gasteiger partial charge in [-0.3, -0.25) is 4.79 Å². The van der Waals surface area contributed by atoms with Crippen molar-refractivity contribution >= 4 is 29.2 Å². The van der Waals surface area contributed by atoms with E-state index in [-0.39, 0.29) is 16.8 Å². The predicted molar refractivity (Wildman–Crippen MR) is 81.5 cm³/mol. The molecule has 0 spiro atoms. The van der Waals surface area contributed by atoms with E-state index in [1.165, 1.54) is 36.4 Å². The van der Waals surface area contributed by atoms with E-state index >= 15 is 0 Å². The number of nitrogens with one attached hydrogen (secondary N) is 1. The van der Waals surface area contributed by atoms with Crippen LogP contribution in [0, 0.1) is 17.1 Å². The highest BCUT2D eigenvalue weighted by atomic mass is 35.5. The number of nitrogens with zero attached hydrogens (tertiary/aromatic N) is 1. The summed E-state index contributed by atoms with van der Waals surface area (Å²) in [6.07, 6.45) is 0. The molecule has 0 aromatic heterocycles. The molecule has 0 saturated heterocycles. The van der Waals surface area contributed by atoms with Crippen LogP contribution in [0.1, 0.15) is 15.9 Å². The number of esters is 1. The number of halogens is 2. The van der Waals surface area contributed by atoms with Crippen LogP contribution < -0.4 is 5.32 Å². The van der Waals surface area contributed by atoms with Gasteiger partial charge in [0.05, 0.1) is 16.8 Å². The summed E-state index contributed by atoms with van der Waals surface area (Å²) in [5.74, 6) is -2.36. The summed E-state index contributed by atoms with van der Waals surface area (Å²) in [4.78, 5) is 23.5. The highest BCUT2D eigenvalue weighted by Gasteiger charge is 2.15. The molecule has 0 saturated carbocycles. The highest BCUT2D eigenvalue weighted by Crippen LogP contribution is 2.20. The van der Waals surface area contributed by atoms with Crippen LogP contribution in [-0.4, -0.2) is 18.5 Å². The van der Waals surface area contributed by atoms with Gasteiger partial charge < -0.3 is 10.1 Å². The van der Waals surface area contributed by atoms with Crippen LogP contribution in [0.2, 0.25) is 5.02 Å². The van der Waals surface area contributed by atoms with Crippen molar-refractivity contribution in [3.8, 4) is 6.07 Å². The number of rotatable bonds is 4. The minimum absolute atomic E-state index is 0.201. The summed E-state index contributed by atoms with van der Waals surface area (Å²) in [7, 11) is 0. The summed E-state index contributed by atoms with van der Waals surface area (Å²) < 4.78 is 18.1. The Hall–Kier alpha value is -2.91. The lowest BCUT2D eigenvalue weighted by molar-refractivity contribution is -0.119. The van der Waals surface area contributed by atoms with Crippen molar-refractivity contribution in [3.63, 3.8) is 0 Å². The summed E-state index contributed by atoms with van der Waals surface area (Å²) >= 11 is 5.79. The maximum atomic E-state index is 13.4. The molecule has 0 heterocycles. The highest BCUT2D eigenvalue weighted by molar-refractivity contribution is 6.31. The molecule has 0 unspecified atom stereocenters. The fourth-order valence-corrected chi connectivity index (χ4v) is 1.91. The number of anilines is 1. The lowest BCUT2D eigenvalue weighted by atomic mass is 10.2. The SMILES string of the molecule is N#Cc1ccc(Cl)cc1NC(=O)COC(=O)c1ccccc1F. The van der Waals surface area contributed by atoms with E-state index in [2.05, 4.69) is 5.32 Å². The number of benzene rings is 2. The molecule has 23 heavy (non-hydrogen) atoms. The standard InChI is InChI=1S/C16H10ClFN2O3/c17-11-6-5-10(8-19)14(7-11)20-15(21)9-23-16(22)12-3-1-2-4-13(12)18/h1-7H,9H2,(H,20,21). The van der Waals surface area contributed by atoms with Crippen LogP contribution in [-0.2, 0) is 9.53 Å². The Morgan fingerprint density at radius 3 is 2.70 bits per heavy atom. The minimum Gasteiger partial charge on any atom is -0.452 e. The number of hydrogen-bond acceptors (Lipinski definition) is 4. The van der Waals surface area contributed by atoms with Crippen molar-refractivity contribution in [2.45, 2.75) is 0 Å². The number of hydrogen-bond donors (Lipinski definition) is 1. The summed E-state index contributed by atoms with van der Waals surface area (Å²) in [5, 5.41) is 11.7. The average Bonchev–Trinajstić information content (AvgIpc) is 2.53. The van der Waals surface area contributed by atoms with Gasteiger partial charge in [0, 0.05) is 5.02 Å². The number of nitriles is 1. The van der Waals surface area contributed by atoms with Crippen molar-refractivity contribution in [1.82, 2.24) is 0 Å². The zero-order valence-corrected chi connectivity index (χ0v) is 12.4. The van der Waals surface area contributed by atoms with E-state index in [1.807, 2.05) is 6.07 Å². The Kier molecular flexibility index (Phi) is 5.28. The lowest BCUT2D eigenvalue weighted by Crippen LogP contribution is -2.21. The van der Waals surface area contributed by atoms with Crippen molar-refractivity contribution in [2.24, 2.45) is 0 Å². The summed E-state index contributed by atoms with van der Waals surface area (Å²) in [5.41, 5.74) is 0.149. The predicted octanol–water partition coefficient (Wildman–Crippen LogP) is 3.15. The van der Waals surface area contributed by atoms with Crippen LogP contribution in [0.3, 0.4) is 0 Å². The Morgan fingerprint density at radius 2 is 2.00 bits per heavy atom. The maximum absolute atomic E-state index is 13.4. The van der Waals surface area contributed by atoms with Crippen molar-refractivity contribution in [3.05, 3.63) is 64.4 Å². The topological polar surface area (TPSA) is 79.2 Å². The molecule has 0 bridgehead atoms. The van der Waals surface area contributed by atoms with Gasteiger partial charge in [0.1, 0.15) is 11.9 Å². The van der Waals surface area contributed by atoms with Crippen LogP contribution in [0.15, 0.2) is 42.5 Å². The van der Waals surface area contributed by atoms with Crippen LogP contribution >= 0.6 is 11.6 Å². The van der Waals surface area contributed by atoms with Gasteiger partial charge in [-0.25, -0.2) is 9.18 Å². The first-order valence-corrected chi connectivity index (χ1v) is 6.80. The monoisotopic (exact) mass is 332 g/mol. The van der Waals surface area contributed by atoms with Crippen molar-refractivity contribution < 1.29 is 18.7 Å². The molecule has 1 N–H and O–H groups in total. The molecule has 0 fully saturated rings. The maximum Gasteiger partial charge on any atom is 0.341 e. The van der Waals surface area contributed by atoms with Gasteiger partial charge in [-0.1, -0.05) is 23.7 Å². The first kappa shape index (κ1) is 16.5. The second kappa shape index (κ2) is 7.38. The van der Waals surface area contributed by atoms with E-state index < -0.39 is 24.3 Å². The van der Waals surface area contributed by atoms with E-state index in [1.54, 1.807) is 0 Å². The number of amides is 1. The van der Waals surface area contributed by atoms with Gasteiger partial charge in [0.15, 0.2) is 6.61 Å². The third kappa shape index (κ3) is 4.28. The molecule has 0 aliphatic heterocycles. The molecule has 2 aromatic rings. The number of carbonyl (C=O) groups excluding carboxylic acids is 2. The molecule has 0 aliphatic carbocycles. The van der Waals surface area contributed by atoms with Crippen LogP contribution in [0.5, 0.6) is 0 Å². The zero-order valence-electron chi connectivity index (χ0n) is 11.7. The first-order chi connectivity index (χ1) is 11.0. The second-order valence-electron chi connectivity index (χ2n) is 4.41. The Morgan fingerprint density at radius 1 is 1.26 bits per heavy atom. The molecule has 1 amide bonds. The van der Waals surface area contributed by atoms with Gasteiger partial charge >= 0.3 is 5.97 Å². The summed E-state index contributed by atoms with van der Waals surface area (Å²) in [6.45, 7) is -0.620. The molecule has 0 radical (unpaired) electrons. The van der Waals surface area contributed by atoms with Gasteiger partial charge in [-0.15, -0.1) is 0 Å².